The van der Waals surface area contributed by atoms with Crippen molar-refractivity contribution < 1.29 is 0 Å². The largest absolute Gasteiger partial charge is 0.311 e. The Labute approximate surface area is 71.4 Å². The highest BCUT2D eigenvalue weighted by Crippen LogP contribution is 2.06. The van der Waals surface area contributed by atoms with Crippen LogP contribution in [0.1, 0.15) is 11.3 Å². The highest BCUT2D eigenvalue weighted by atomic mass is 32.1. The maximum absolute atomic E-state index is 5.10. The molecule has 1 aromatic rings. The molecule has 0 aromatic carbocycles. The fourth-order valence-electron chi connectivity index (χ4n) is 0.785. The predicted molar refractivity (Wildman–Crippen MR) is 49.5 cm³/mol. The lowest BCUT2D eigenvalue weighted by atomic mass is 10.4. The van der Waals surface area contributed by atoms with Crippen molar-refractivity contribution in [3.05, 3.63) is 22.4 Å². The molecule has 0 saturated carbocycles. The van der Waals surface area contributed by atoms with E-state index in [-0.39, 0.29) is 0 Å². The molecule has 11 heavy (non-hydrogen) atoms. The molecule has 0 unspecified atom stereocenters. The van der Waals surface area contributed by atoms with Crippen molar-refractivity contribution >= 4 is 11.3 Å². The fraction of sp³-hybridized carbons (Fsp3) is 0.333. The van der Waals surface area contributed by atoms with E-state index in [2.05, 4.69) is 28.8 Å². The number of hydrogen-bond acceptors (Lipinski definition) is 2. The van der Waals surface area contributed by atoms with E-state index in [4.69, 9.17) is 6.42 Å². The van der Waals surface area contributed by atoms with Gasteiger partial charge in [-0.3, -0.25) is 0 Å². The third-order valence-corrected chi connectivity index (χ3v) is 2.20. The summed E-state index contributed by atoms with van der Waals surface area (Å²) in [6.45, 7) is 1.85. The Bertz CT molecular complexity index is 220. The molecule has 0 spiro atoms. The molecule has 1 aromatic heterocycles. The molecule has 1 nitrogen and oxygen atoms in total. The Kier molecular flexibility index (Phi) is 3.74. The molecule has 0 amide bonds. The van der Waals surface area contributed by atoms with Gasteiger partial charge in [0.1, 0.15) is 0 Å². The molecule has 0 bridgehead atoms. The van der Waals surface area contributed by atoms with Gasteiger partial charge in [0.15, 0.2) is 0 Å². The molecule has 0 saturated heterocycles. The minimum Gasteiger partial charge on any atom is -0.311 e. The number of terminal acetylenes is 1. The van der Waals surface area contributed by atoms with Crippen LogP contribution in [-0.2, 0) is 6.54 Å². The molecular formula is C9H11NS. The normalized spacial score (nSPS) is 9.36. The zero-order chi connectivity index (χ0) is 7.94. The third-order valence-electron chi connectivity index (χ3n) is 1.33. The Morgan fingerprint density at radius 3 is 3.18 bits per heavy atom. The second-order valence-corrected chi connectivity index (χ2v) is 3.24. The van der Waals surface area contributed by atoms with Gasteiger partial charge in [-0.2, -0.15) is 0 Å². The van der Waals surface area contributed by atoms with Crippen LogP contribution < -0.4 is 5.32 Å². The van der Waals surface area contributed by atoms with E-state index in [1.165, 1.54) is 4.88 Å². The Hall–Kier alpha value is -0.780. The average Bonchev–Trinajstić information content (AvgIpc) is 2.50. The van der Waals surface area contributed by atoms with Gasteiger partial charge < -0.3 is 5.32 Å². The maximum atomic E-state index is 5.10. The van der Waals surface area contributed by atoms with Gasteiger partial charge in [-0.1, -0.05) is 6.07 Å². The monoisotopic (exact) mass is 165 g/mol. The summed E-state index contributed by atoms with van der Waals surface area (Å²) in [6, 6.07) is 4.18. The van der Waals surface area contributed by atoms with Gasteiger partial charge in [0.25, 0.3) is 0 Å². The molecular weight excluding hydrogens is 154 g/mol. The molecule has 2 heteroatoms. The maximum Gasteiger partial charge on any atom is 0.0300 e. The van der Waals surface area contributed by atoms with Crippen molar-refractivity contribution in [2.24, 2.45) is 0 Å². The number of thiophene rings is 1. The van der Waals surface area contributed by atoms with Gasteiger partial charge in [0, 0.05) is 24.4 Å². The first-order valence-corrected chi connectivity index (χ1v) is 4.48. The predicted octanol–water partition coefficient (Wildman–Crippen LogP) is 1.86. The minimum absolute atomic E-state index is 0.811. The Morgan fingerprint density at radius 2 is 2.55 bits per heavy atom. The summed E-state index contributed by atoms with van der Waals surface area (Å²) in [5.74, 6) is 2.59. The molecule has 0 aliphatic heterocycles. The van der Waals surface area contributed by atoms with E-state index in [1.54, 1.807) is 11.3 Å². The van der Waals surface area contributed by atoms with Crippen LogP contribution >= 0.6 is 11.3 Å². The highest BCUT2D eigenvalue weighted by molar-refractivity contribution is 7.09. The Balaban J connectivity index is 2.10. The standard InChI is InChI=1S/C9H11NS/c1-2-3-6-10-8-9-5-4-7-11-9/h1,4-5,7,10H,3,6,8H2. The van der Waals surface area contributed by atoms with Crippen LogP contribution in [0.25, 0.3) is 0 Å². The minimum atomic E-state index is 0.811. The Morgan fingerprint density at radius 1 is 1.64 bits per heavy atom. The summed E-state index contributed by atoms with van der Waals surface area (Å²) in [5.41, 5.74) is 0. The van der Waals surface area contributed by atoms with Crippen LogP contribution in [-0.4, -0.2) is 6.54 Å². The zero-order valence-electron chi connectivity index (χ0n) is 6.34. The molecule has 0 aliphatic carbocycles. The molecule has 0 atom stereocenters. The van der Waals surface area contributed by atoms with Gasteiger partial charge in [0.2, 0.25) is 0 Å². The van der Waals surface area contributed by atoms with E-state index in [0.717, 1.165) is 19.5 Å². The SMILES string of the molecule is C#CCCNCc1cccs1. The quantitative estimate of drug-likeness (QED) is 0.530. The fourth-order valence-corrected chi connectivity index (χ4v) is 1.46. The first kappa shape index (κ1) is 8.32. The number of rotatable bonds is 4. The number of hydrogen-bond donors (Lipinski definition) is 1. The third kappa shape index (κ3) is 3.22. The summed E-state index contributed by atoms with van der Waals surface area (Å²) in [6.07, 6.45) is 5.91. The first-order valence-electron chi connectivity index (χ1n) is 3.60. The topological polar surface area (TPSA) is 12.0 Å². The smallest absolute Gasteiger partial charge is 0.0300 e. The van der Waals surface area contributed by atoms with E-state index in [1.807, 2.05) is 0 Å². The van der Waals surface area contributed by atoms with E-state index in [9.17, 15) is 0 Å². The summed E-state index contributed by atoms with van der Waals surface area (Å²) < 4.78 is 0. The molecule has 0 fully saturated rings. The summed E-state index contributed by atoms with van der Waals surface area (Å²) in [4.78, 5) is 1.36. The first-order chi connectivity index (χ1) is 5.43. The lowest BCUT2D eigenvalue weighted by Crippen LogP contribution is -2.12. The van der Waals surface area contributed by atoms with E-state index in [0.29, 0.717) is 0 Å². The van der Waals surface area contributed by atoms with Crippen molar-refractivity contribution in [2.75, 3.05) is 6.54 Å². The van der Waals surface area contributed by atoms with Crippen LogP contribution in [0.5, 0.6) is 0 Å². The molecule has 1 heterocycles. The summed E-state index contributed by atoms with van der Waals surface area (Å²) >= 11 is 1.77. The molecule has 1 N–H and O–H groups in total. The van der Waals surface area contributed by atoms with Crippen LogP contribution in [0.4, 0.5) is 0 Å². The van der Waals surface area contributed by atoms with Gasteiger partial charge in [0.05, 0.1) is 0 Å². The van der Waals surface area contributed by atoms with E-state index >= 15 is 0 Å². The van der Waals surface area contributed by atoms with Crippen molar-refractivity contribution in [2.45, 2.75) is 13.0 Å². The van der Waals surface area contributed by atoms with Crippen molar-refractivity contribution in [1.29, 1.82) is 0 Å². The lowest BCUT2D eigenvalue weighted by molar-refractivity contribution is 0.709. The van der Waals surface area contributed by atoms with E-state index < -0.39 is 0 Å². The summed E-state index contributed by atoms with van der Waals surface area (Å²) in [7, 11) is 0. The molecule has 0 aliphatic rings. The van der Waals surface area contributed by atoms with Crippen molar-refractivity contribution in [1.82, 2.24) is 5.32 Å². The molecule has 1 rings (SSSR count). The highest BCUT2D eigenvalue weighted by Gasteiger charge is 1.90. The van der Waals surface area contributed by atoms with Gasteiger partial charge >= 0.3 is 0 Å². The second-order valence-electron chi connectivity index (χ2n) is 2.21. The molecule has 0 radical (unpaired) electrons. The van der Waals surface area contributed by atoms with Crippen molar-refractivity contribution in [3.8, 4) is 12.3 Å². The van der Waals surface area contributed by atoms with Crippen LogP contribution in [0.2, 0.25) is 0 Å². The number of nitrogens with one attached hydrogen (secondary N) is 1. The van der Waals surface area contributed by atoms with Crippen LogP contribution in [0.15, 0.2) is 17.5 Å². The van der Waals surface area contributed by atoms with Gasteiger partial charge in [-0.05, 0) is 11.4 Å². The van der Waals surface area contributed by atoms with Crippen molar-refractivity contribution in [3.63, 3.8) is 0 Å². The zero-order valence-corrected chi connectivity index (χ0v) is 7.16. The van der Waals surface area contributed by atoms with Gasteiger partial charge in [-0.15, -0.1) is 23.7 Å². The molecule has 58 valence electrons. The van der Waals surface area contributed by atoms with Crippen LogP contribution in [0, 0.1) is 12.3 Å². The van der Waals surface area contributed by atoms with Crippen LogP contribution in [0.3, 0.4) is 0 Å². The summed E-state index contributed by atoms with van der Waals surface area (Å²) in [5, 5.41) is 5.34. The second kappa shape index (κ2) is 4.95. The average molecular weight is 165 g/mol. The lowest BCUT2D eigenvalue weighted by Gasteiger charge is -1.97. The van der Waals surface area contributed by atoms with Gasteiger partial charge in [-0.25, -0.2) is 0 Å².